The summed E-state index contributed by atoms with van der Waals surface area (Å²) in [5, 5.41) is 0. The minimum atomic E-state index is -0.626. The quantitative estimate of drug-likeness (QED) is 0.513. The Balaban J connectivity index is 2.00. The molecule has 1 aliphatic rings. The van der Waals surface area contributed by atoms with Gasteiger partial charge in [-0.2, -0.15) is 0 Å². The van der Waals surface area contributed by atoms with Gasteiger partial charge in [-0.1, -0.05) is 37.2 Å². The maximum absolute atomic E-state index is 14.5. The summed E-state index contributed by atoms with van der Waals surface area (Å²) in [6.45, 7) is 2.02. The molecule has 0 fully saturated rings. The van der Waals surface area contributed by atoms with E-state index in [4.69, 9.17) is 0 Å². The van der Waals surface area contributed by atoms with Gasteiger partial charge in [0.1, 0.15) is 23.0 Å². The van der Waals surface area contributed by atoms with Gasteiger partial charge in [-0.05, 0) is 35.7 Å². The fourth-order valence-corrected chi connectivity index (χ4v) is 5.38. The minimum absolute atomic E-state index is 0.0245. The molecule has 0 saturated heterocycles. The van der Waals surface area contributed by atoms with Crippen LogP contribution in [-0.4, -0.2) is 15.7 Å². The second-order valence-electron chi connectivity index (χ2n) is 5.72. The number of benzene rings is 2. The second-order valence-corrected chi connectivity index (χ2v) is 8.19. The highest BCUT2D eigenvalue weighted by Crippen LogP contribution is 2.30. The Hall–Kier alpha value is -1.33. The molecule has 0 unspecified atom stereocenters. The predicted octanol–water partition coefficient (Wildman–Crippen LogP) is 5.42. The van der Waals surface area contributed by atoms with Crippen LogP contribution >= 0.6 is 11.8 Å². The summed E-state index contributed by atoms with van der Waals surface area (Å²) >= 11 is 2.96. The van der Waals surface area contributed by atoms with E-state index in [0.29, 0.717) is 4.20 Å². The van der Waals surface area contributed by atoms with Gasteiger partial charge in [0.25, 0.3) is 4.20 Å². The van der Waals surface area contributed by atoms with Crippen LogP contribution < -0.4 is 0 Å². The lowest BCUT2D eigenvalue weighted by Gasteiger charge is -2.10. The first kappa shape index (κ1) is 17.5. The van der Waals surface area contributed by atoms with Gasteiger partial charge >= 0.3 is 0 Å². The number of hydrogen-bond acceptors (Lipinski definition) is 1. The molecule has 1 aliphatic heterocycles. The lowest BCUT2D eigenvalue weighted by Crippen LogP contribution is -2.11. The van der Waals surface area contributed by atoms with Crippen molar-refractivity contribution in [3.63, 3.8) is 0 Å². The SMILES string of the molecule is CCCc1ccc(-c2cc(F)c(C3=[S+]CCCS3)c(F)c2)c(F)c1. The van der Waals surface area contributed by atoms with Gasteiger partial charge in [-0.25, -0.2) is 13.2 Å². The van der Waals surface area contributed by atoms with E-state index >= 15 is 0 Å². The first-order chi connectivity index (χ1) is 11.6. The highest BCUT2D eigenvalue weighted by molar-refractivity contribution is 8.23. The van der Waals surface area contributed by atoms with Crippen molar-refractivity contribution in [1.29, 1.82) is 0 Å². The van der Waals surface area contributed by atoms with Crippen LogP contribution in [0, 0.1) is 17.5 Å². The lowest BCUT2D eigenvalue weighted by molar-refractivity contribution is 0.580. The highest BCUT2D eigenvalue weighted by atomic mass is 32.2. The number of rotatable bonds is 4. The van der Waals surface area contributed by atoms with Gasteiger partial charge in [0.15, 0.2) is 17.1 Å². The smallest absolute Gasteiger partial charge is 0.206 e. The molecule has 5 heteroatoms. The number of hydrogen-bond donors (Lipinski definition) is 0. The summed E-state index contributed by atoms with van der Waals surface area (Å²) in [5.74, 6) is 0.0481. The van der Waals surface area contributed by atoms with Crippen LogP contribution in [0.1, 0.15) is 30.9 Å². The van der Waals surface area contributed by atoms with Gasteiger partial charge in [-0.15, -0.1) is 0 Å². The van der Waals surface area contributed by atoms with Gasteiger partial charge in [0.05, 0.1) is 0 Å². The summed E-state index contributed by atoms with van der Waals surface area (Å²) < 4.78 is 44.0. The van der Waals surface area contributed by atoms with Crippen molar-refractivity contribution in [2.24, 2.45) is 0 Å². The minimum Gasteiger partial charge on any atom is -0.206 e. The Bertz CT molecular complexity index is 761. The summed E-state index contributed by atoms with van der Waals surface area (Å²) in [5.41, 5.74) is 1.38. The van der Waals surface area contributed by atoms with E-state index in [1.165, 1.54) is 41.3 Å². The second kappa shape index (κ2) is 7.70. The molecule has 0 bridgehead atoms. The Morgan fingerprint density at radius 1 is 1.04 bits per heavy atom. The first-order valence-electron chi connectivity index (χ1n) is 8.01. The van der Waals surface area contributed by atoms with Gasteiger partial charge in [-0.3, -0.25) is 0 Å². The lowest BCUT2D eigenvalue weighted by atomic mass is 10.00. The maximum atomic E-state index is 14.5. The molecule has 0 spiro atoms. The zero-order valence-corrected chi connectivity index (χ0v) is 15.0. The molecular formula is C19H18F3S2+. The third kappa shape index (κ3) is 3.67. The molecule has 126 valence electrons. The van der Waals surface area contributed by atoms with E-state index in [-0.39, 0.29) is 16.7 Å². The van der Waals surface area contributed by atoms with Crippen molar-refractivity contribution in [1.82, 2.24) is 0 Å². The monoisotopic (exact) mass is 367 g/mol. The van der Waals surface area contributed by atoms with E-state index < -0.39 is 17.5 Å². The molecule has 3 rings (SSSR count). The predicted molar refractivity (Wildman–Crippen MR) is 99.2 cm³/mol. The van der Waals surface area contributed by atoms with E-state index in [1.807, 2.05) is 13.0 Å². The summed E-state index contributed by atoms with van der Waals surface area (Å²) in [6.07, 6.45) is 2.74. The Morgan fingerprint density at radius 2 is 1.79 bits per heavy atom. The molecule has 0 aliphatic carbocycles. The molecule has 0 N–H and O–H groups in total. The van der Waals surface area contributed by atoms with Crippen molar-refractivity contribution in [3.8, 4) is 11.1 Å². The Morgan fingerprint density at radius 3 is 2.38 bits per heavy atom. The average molecular weight is 367 g/mol. The van der Waals surface area contributed by atoms with Crippen LogP contribution in [0.5, 0.6) is 0 Å². The molecule has 0 aromatic heterocycles. The van der Waals surface area contributed by atoms with Gasteiger partial charge < -0.3 is 0 Å². The van der Waals surface area contributed by atoms with Crippen LogP contribution in [0.3, 0.4) is 0 Å². The molecule has 24 heavy (non-hydrogen) atoms. The summed E-state index contributed by atoms with van der Waals surface area (Å²) in [4.78, 5) is 0. The highest BCUT2D eigenvalue weighted by Gasteiger charge is 2.27. The summed E-state index contributed by atoms with van der Waals surface area (Å²) in [6, 6.07) is 7.33. The van der Waals surface area contributed by atoms with Crippen molar-refractivity contribution < 1.29 is 13.2 Å². The molecule has 0 nitrogen and oxygen atoms in total. The molecule has 2 aromatic carbocycles. The van der Waals surface area contributed by atoms with Crippen LogP contribution in [0.15, 0.2) is 30.3 Å². The van der Waals surface area contributed by atoms with Gasteiger partial charge in [0.2, 0.25) is 0 Å². The van der Waals surface area contributed by atoms with Crippen LogP contribution in [0.2, 0.25) is 0 Å². The Labute approximate surface area is 148 Å². The fraction of sp³-hybridized carbons (Fsp3) is 0.316. The fourth-order valence-electron chi connectivity index (χ4n) is 2.74. The molecular weight excluding hydrogens is 349 g/mol. The molecule has 0 radical (unpaired) electrons. The zero-order valence-electron chi connectivity index (χ0n) is 13.4. The normalized spacial score (nSPS) is 14.6. The average Bonchev–Trinajstić information content (AvgIpc) is 2.55. The van der Waals surface area contributed by atoms with Crippen molar-refractivity contribution in [3.05, 3.63) is 58.9 Å². The molecule has 0 saturated carbocycles. The van der Waals surface area contributed by atoms with E-state index in [9.17, 15) is 13.2 Å². The number of aryl methyl sites for hydroxylation is 1. The third-order valence-electron chi connectivity index (χ3n) is 3.88. The molecule has 2 aromatic rings. The van der Waals surface area contributed by atoms with Gasteiger partial charge in [0, 0.05) is 17.7 Å². The molecule has 0 atom stereocenters. The van der Waals surface area contributed by atoms with Crippen LogP contribution in [0.4, 0.5) is 13.2 Å². The van der Waals surface area contributed by atoms with E-state index in [1.54, 1.807) is 6.07 Å². The summed E-state index contributed by atoms with van der Waals surface area (Å²) in [7, 11) is 0. The van der Waals surface area contributed by atoms with E-state index in [0.717, 1.165) is 36.3 Å². The standard InChI is InChI=1S/C19H18F3S2/c1-2-4-12-5-6-14(15(20)9-12)13-10-16(21)18(17(22)11-13)19-23-7-3-8-24-19/h5-6,9-11H,2-4,7-8H2,1H3/q+1. The zero-order chi connectivity index (χ0) is 17.1. The number of thioether (sulfide) groups is 1. The van der Waals surface area contributed by atoms with E-state index in [2.05, 4.69) is 0 Å². The third-order valence-corrected chi connectivity index (χ3v) is 6.51. The first-order valence-corrected chi connectivity index (χ1v) is 9.98. The molecule has 0 amide bonds. The van der Waals surface area contributed by atoms with Crippen LogP contribution in [0.25, 0.3) is 11.1 Å². The molecule has 1 heterocycles. The Kier molecular flexibility index (Phi) is 5.61. The van der Waals surface area contributed by atoms with Crippen molar-refractivity contribution in [2.75, 3.05) is 11.5 Å². The largest absolute Gasteiger partial charge is 0.270 e. The topological polar surface area (TPSA) is 0 Å². The van der Waals surface area contributed by atoms with Crippen LogP contribution in [-0.2, 0) is 17.8 Å². The van der Waals surface area contributed by atoms with Crippen molar-refractivity contribution >= 4 is 27.3 Å². The maximum Gasteiger partial charge on any atom is 0.270 e. The van der Waals surface area contributed by atoms with Crippen molar-refractivity contribution in [2.45, 2.75) is 26.2 Å². The number of halogens is 3.